The van der Waals surface area contributed by atoms with Gasteiger partial charge in [-0.25, -0.2) is 14.3 Å². The Morgan fingerprint density at radius 2 is 2.10 bits per heavy atom. The lowest BCUT2D eigenvalue weighted by Gasteiger charge is -2.40. The summed E-state index contributed by atoms with van der Waals surface area (Å²) in [6.07, 6.45) is 2.74. The van der Waals surface area contributed by atoms with Crippen LogP contribution < -0.4 is 10.6 Å². The van der Waals surface area contributed by atoms with Crippen molar-refractivity contribution in [1.82, 2.24) is 24.4 Å². The fraction of sp³-hybridized carbons (Fsp3) is 0.281. The first-order valence-electron chi connectivity index (χ1n) is 16.7. The molecule has 0 saturated carbocycles. The van der Waals surface area contributed by atoms with E-state index in [1.165, 1.54) is 23.2 Å². The number of carbonyl (C=O) groups excluding carboxylic acids is 1. The van der Waals surface area contributed by atoms with Crippen molar-refractivity contribution in [3.63, 3.8) is 0 Å². The summed E-state index contributed by atoms with van der Waals surface area (Å²) < 4.78 is 56.7. The molecule has 1 atom stereocenters. The number of amides is 1. The van der Waals surface area contributed by atoms with Gasteiger partial charge in [0, 0.05) is 41.5 Å². The molecule has 4 heterocycles. The minimum atomic E-state index is -2.63. The number of benzene rings is 1. The number of hydrogen-bond acceptors (Lipinski definition) is 6. The number of aromatic nitrogens is 4. The van der Waals surface area contributed by atoms with Crippen LogP contribution in [0.1, 0.15) is 53.1 Å². The Morgan fingerprint density at radius 3 is 2.83 bits per heavy atom. The molecule has 1 aromatic carbocycles. The fourth-order valence-corrected chi connectivity index (χ4v) is 5.48. The largest absolute Gasteiger partial charge is 0.355 e. The highest BCUT2D eigenvalue weighted by atomic mass is 35.5. The van der Waals surface area contributed by atoms with Crippen molar-refractivity contribution in [2.24, 2.45) is 0 Å². The Bertz CT molecular complexity index is 2020. The second kappa shape index (κ2) is 11.3. The van der Waals surface area contributed by atoms with Gasteiger partial charge in [0.15, 0.2) is 5.65 Å². The second-order valence-electron chi connectivity index (χ2n) is 10.2. The molecule has 1 amide bonds. The van der Waals surface area contributed by atoms with Gasteiger partial charge in [-0.3, -0.25) is 9.78 Å². The zero-order valence-electron chi connectivity index (χ0n) is 29.8. The zero-order chi connectivity index (χ0) is 35.1. The van der Waals surface area contributed by atoms with Crippen LogP contribution in [0.15, 0.2) is 66.5 Å². The number of halogens is 1. The number of fused-ring (bicyclic) bond motifs is 1. The summed E-state index contributed by atoms with van der Waals surface area (Å²) in [5.41, 5.74) is 0.768. The van der Waals surface area contributed by atoms with Gasteiger partial charge in [-0.2, -0.15) is 4.98 Å². The second-order valence-corrected chi connectivity index (χ2v) is 10.6. The molecule has 0 aliphatic carbocycles. The lowest BCUT2D eigenvalue weighted by Crippen LogP contribution is -2.54. The van der Waals surface area contributed by atoms with Crippen molar-refractivity contribution < 1.29 is 14.4 Å². The molecule has 210 valence electrons. The monoisotopic (exact) mass is 575 g/mol. The van der Waals surface area contributed by atoms with Gasteiger partial charge in [0.1, 0.15) is 5.82 Å². The molecule has 9 heteroatoms. The molecule has 1 aliphatic heterocycles. The fourth-order valence-electron chi connectivity index (χ4n) is 5.23. The predicted molar refractivity (Wildman–Crippen MR) is 166 cm³/mol. The van der Waals surface area contributed by atoms with Crippen LogP contribution in [-0.2, 0) is 4.79 Å². The quantitative estimate of drug-likeness (QED) is 0.270. The van der Waals surface area contributed by atoms with Crippen LogP contribution in [0, 0.1) is 6.85 Å². The summed E-state index contributed by atoms with van der Waals surface area (Å²) in [6.45, 7) is 3.75. The van der Waals surface area contributed by atoms with E-state index in [-0.39, 0.29) is 65.0 Å². The number of piperazine rings is 1. The van der Waals surface area contributed by atoms with E-state index in [0.717, 1.165) is 4.57 Å². The number of aryl methyl sites for hydroxylation is 1. The summed E-state index contributed by atoms with van der Waals surface area (Å²) in [5, 5.41) is 0.521. The Hall–Kier alpha value is -4.30. The van der Waals surface area contributed by atoms with Crippen molar-refractivity contribution in [3.05, 3.63) is 94.1 Å². The van der Waals surface area contributed by atoms with Crippen LogP contribution in [0.25, 0.3) is 34.1 Å². The average molecular weight is 576 g/mol. The summed E-state index contributed by atoms with van der Waals surface area (Å²) in [4.78, 5) is 44.1. The SMILES string of the molecule is [2H]C=C([2H])C(=O)N1CCN(c2nc(=O)n(-c3c(C([2H])([2H])[2H])ccnc3C(C)C)c3nc(-c4ccccc4C=C([2H])[2H])c(Cl)cc23)[C@@H](C)C1. The van der Waals surface area contributed by atoms with Crippen LogP contribution in [0.3, 0.4) is 0 Å². The Kier molecular flexibility index (Phi) is 5.66. The number of pyridine rings is 2. The molecule has 8 nitrogen and oxygen atoms in total. The summed E-state index contributed by atoms with van der Waals surface area (Å²) in [7, 11) is 0. The molecule has 1 aliphatic rings. The van der Waals surface area contributed by atoms with Gasteiger partial charge in [-0.15, -0.1) is 0 Å². The zero-order valence-corrected chi connectivity index (χ0v) is 23.6. The van der Waals surface area contributed by atoms with Gasteiger partial charge >= 0.3 is 5.69 Å². The molecule has 0 radical (unpaired) electrons. The van der Waals surface area contributed by atoms with E-state index in [4.69, 9.17) is 26.2 Å². The topological polar surface area (TPSA) is 84.2 Å². The van der Waals surface area contributed by atoms with Crippen molar-refractivity contribution in [1.29, 1.82) is 0 Å². The van der Waals surface area contributed by atoms with Gasteiger partial charge in [0.2, 0.25) is 5.91 Å². The highest BCUT2D eigenvalue weighted by Crippen LogP contribution is 2.36. The number of rotatable bonds is 6. The van der Waals surface area contributed by atoms with E-state index >= 15 is 0 Å². The maximum absolute atomic E-state index is 14.3. The lowest BCUT2D eigenvalue weighted by atomic mass is 10.0. The molecule has 3 aromatic heterocycles. The van der Waals surface area contributed by atoms with Gasteiger partial charge in [-0.1, -0.05) is 68.9 Å². The van der Waals surface area contributed by atoms with Gasteiger partial charge < -0.3 is 9.80 Å². The molecule has 4 aromatic rings. The number of hydrogen-bond donors (Lipinski definition) is 0. The van der Waals surface area contributed by atoms with Crippen LogP contribution in [-0.4, -0.2) is 56.0 Å². The van der Waals surface area contributed by atoms with Crippen molar-refractivity contribution in [2.45, 2.75) is 39.6 Å². The smallest absolute Gasteiger partial charge is 0.350 e. The molecule has 0 bridgehead atoms. The third kappa shape index (κ3) is 5.04. The van der Waals surface area contributed by atoms with Gasteiger partial charge in [0.25, 0.3) is 0 Å². The minimum absolute atomic E-state index is 0.0451. The Balaban J connectivity index is 1.84. The molecular weight excluding hydrogens is 536 g/mol. The lowest BCUT2D eigenvalue weighted by molar-refractivity contribution is -0.126. The molecule has 0 unspecified atom stereocenters. The van der Waals surface area contributed by atoms with E-state index in [0.29, 0.717) is 28.8 Å². The van der Waals surface area contributed by atoms with E-state index in [1.54, 1.807) is 30.3 Å². The number of nitrogens with zero attached hydrogens (tertiary/aromatic N) is 6. The molecule has 5 rings (SSSR count). The first-order valence-corrected chi connectivity index (χ1v) is 13.5. The normalized spacial score (nSPS) is 18.6. The molecule has 0 N–H and O–H groups in total. The van der Waals surface area contributed by atoms with Crippen LogP contribution >= 0.6 is 11.6 Å². The van der Waals surface area contributed by atoms with Gasteiger partial charge in [0.05, 0.1) is 33.0 Å². The van der Waals surface area contributed by atoms with E-state index in [2.05, 4.69) is 9.97 Å². The molecule has 41 heavy (non-hydrogen) atoms. The first kappa shape index (κ1) is 20.6. The first-order chi connectivity index (χ1) is 22.6. The molecule has 1 fully saturated rings. The summed E-state index contributed by atoms with van der Waals surface area (Å²) in [5.74, 6) is -0.642. The van der Waals surface area contributed by atoms with E-state index < -0.39 is 31.0 Å². The molecular formula is C32H33ClN6O2. The predicted octanol–water partition coefficient (Wildman–Crippen LogP) is 5.79. The number of anilines is 1. The minimum Gasteiger partial charge on any atom is -0.350 e. The van der Waals surface area contributed by atoms with Crippen LogP contribution in [0.5, 0.6) is 0 Å². The maximum Gasteiger partial charge on any atom is 0.355 e. The third-order valence-corrected chi connectivity index (χ3v) is 7.49. The number of carbonyl (C=O) groups is 1. The average Bonchev–Trinajstić information content (AvgIpc) is 3.03. The Labute approximate surface area is 254 Å². The highest BCUT2D eigenvalue weighted by molar-refractivity contribution is 6.34. The summed E-state index contributed by atoms with van der Waals surface area (Å²) in [6, 6.07) is 9.06. The van der Waals surface area contributed by atoms with Crippen LogP contribution in [0.4, 0.5) is 5.82 Å². The molecule has 1 saturated heterocycles. The third-order valence-electron chi connectivity index (χ3n) is 7.21. The summed E-state index contributed by atoms with van der Waals surface area (Å²) >= 11 is 6.92. The molecule has 0 spiro atoms. The van der Waals surface area contributed by atoms with Crippen LogP contribution in [0.2, 0.25) is 5.02 Å². The highest BCUT2D eigenvalue weighted by Gasteiger charge is 2.30. The van der Waals surface area contributed by atoms with E-state index in [9.17, 15) is 9.59 Å². The van der Waals surface area contributed by atoms with Crippen molar-refractivity contribution in [2.75, 3.05) is 24.5 Å². The maximum atomic E-state index is 14.3. The van der Waals surface area contributed by atoms with Crippen molar-refractivity contribution in [3.8, 4) is 16.9 Å². The standard InChI is InChI=1S/C32H33ClN6O2/c1-7-22-11-9-10-12-23(22)28-25(33)17-24-30(38-16-15-37(18-21(38)6)26(40)8-2)36-32(41)39(31(24)35-28)29-20(5)13-14-34-27(29)19(3)4/h7-14,17,19,21H,1-2,15-16,18H2,3-6H3/t21-/m0/s1/i1D2,2D,5D3,8D. The van der Waals surface area contributed by atoms with E-state index in [1.807, 2.05) is 25.7 Å². The Morgan fingerprint density at radius 1 is 1.27 bits per heavy atom. The van der Waals surface area contributed by atoms with Gasteiger partial charge in [-0.05, 0) is 49.0 Å². The van der Waals surface area contributed by atoms with Crippen molar-refractivity contribution >= 4 is 40.4 Å².